The van der Waals surface area contributed by atoms with Crippen LogP contribution < -0.4 is 0 Å². The van der Waals surface area contributed by atoms with Gasteiger partial charge in [-0.05, 0) is 43.2 Å². The van der Waals surface area contributed by atoms with Crippen molar-refractivity contribution in [3.8, 4) is 17.0 Å². The first-order chi connectivity index (χ1) is 12.7. The maximum absolute atomic E-state index is 11.7. The molecule has 6 heteroatoms. The molecule has 0 radical (unpaired) electrons. The maximum atomic E-state index is 11.7. The van der Waals surface area contributed by atoms with Gasteiger partial charge in [-0.2, -0.15) is 0 Å². The average Bonchev–Trinajstić information content (AvgIpc) is 3.11. The minimum atomic E-state index is -0.00160. The molecule has 1 aliphatic rings. The Kier molecular flexibility index (Phi) is 4.16. The highest BCUT2D eigenvalue weighted by atomic mass is 16.3. The lowest BCUT2D eigenvalue weighted by Crippen LogP contribution is -2.36. The highest BCUT2D eigenvalue weighted by molar-refractivity contribution is 5.87. The monoisotopic (exact) mass is 348 g/mol. The van der Waals surface area contributed by atoms with Crippen molar-refractivity contribution in [1.29, 1.82) is 0 Å². The molecule has 0 spiro atoms. The number of aromatic nitrogens is 3. The van der Waals surface area contributed by atoms with E-state index in [9.17, 15) is 9.90 Å². The Morgan fingerprint density at radius 2 is 2.00 bits per heavy atom. The third-order valence-corrected chi connectivity index (χ3v) is 5.00. The number of H-pyrrole nitrogens is 1. The summed E-state index contributed by atoms with van der Waals surface area (Å²) in [7, 11) is 0. The van der Waals surface area contributed by atoms with Gasteiger partial charge in [0.25, 0.3) is 0 Å². The van der Waals surface area contributed by atoms with E-state index in [2.05, 4.69) is 27.8 Å². The number of aromatic amines is 1. The van der Waals surface area contributed by atoms with Crippen LogP contribution in [0.1, 0.15) is 24.5 Å². The molecular formula is C20H20N4O2. The highest BCUT2D eigenvalue weighted by Crippen LogP contribution is 2.32. The molecule has 1 fully saturated rings. The molecule has 1 aliphatic heterocycles. The number of amides is 1. The first kappa shape index (κ1) is 16.3. The number of likely N-dealkylation sites (tertiary alicyclic amines) is 1. The fourth-order valence-corrected chi connectivity index (χ4v) is 3.54. The highest BCUT2D eigenvalue weighted by Gasteiger charge is 2.24. The molecule has 3 aromatic rings. The number of carbonyl (C=O) groups is 1. The van der Waals surface area contributed by atoms with Crippen LogP contribution in [-0.2, 0) is 4.79 Å². The van der Waals surface area contributed by atoms with Crippen LogP contribution in [0.3, 0.4) is 0 Å². The Bertz CT molecular complexity index is 971. The zero-order chi connectivity index (χ0) is 18.1. The number of nitrogens with zero attached hydrogens (tertiary/aromatic N) is 3. The number of rotatable bonds is 3. The zero-order valence-corrected chi connectivity index (χ0v) is 14.4. The van der Waals surface area contributed by atoms with E-state index in [1.807, 2.05) is 23.1 Å². The number of hydrogen-bond donors (Lipinski definition) is 2. The zero-order valence-electron chi connectivity index (χ0n) is 14.4. The molecule has 1 aromatic carbocycles. The Morgan fingerprint density at radius 1 is 1.23 bits per heavy atom. The van der Waals surface area contributed by atoms with E-state index in [1.165, 1.54) is 6.08 Å². The number of carbonyl (C=O) groups excluding carboxylic acids is 1. The number of hydrogen-bond acceptors (Lipinski definition) is 4. The summed E-state index contributed by atoms with van der Waals surface area (Å²) in [4.78, 5) is 16.9. The molecule has 0 aliphatic carbocycles. The summed E-state index contributed by atoms with van der Waals surface area (Å²) in [6.07, 6.45) is 3.19. The van der Waals surface area contributed by atoms with Crippen LogP contribution in [-0.4, -0.2) is 44.2 Å². The molecule has 4 rings (SSSR count). The summed E-state index contributed by atoms with van der Waals surface area (Å²) in [5.74, 6) is 0.557. The SMILES string of the molecule is C=CC(=O)N1CCC(c2cc3cc(-c4ccccc4O)nnc3[nH]2)CC1. The summed E-state index contributed by atoms with van der Waals surface area (Å²) in [5.41, 5.74) is 3.17. The van der Waals surface area contributed by atoms with Crippen molar-refractivity contribution in [2.75, 3.05) is 13.1 Å². The summed E-state index contributed by atoms with van der Waals surface area (Å²) in [6.45, 7) is 5.02. The Morgan fingerprint density at radius 3 is 2.73 bits per heavy atom. The van der Waals surface area contributed by atoms with Gasteiger partial charge in [0.2, 0.25) is 5.91 Å². The van der Waals surface area contributed by atoms with Gasteiger partial charge in [-0.3, -0.25) is 4.79 Å². The van der Waals surface area contributed by atoms with Crippen LogP contribution in [0.2, 0.25) is 0 Å². The lowest BCUT2D eigenvalue weighted by Gasteiger charge is -2.30. The number of aromatic hydroxyl groups is 1. The molecule has 2 aromatic heterocycles. The molecular weight excluding hydrogens is 328 g/mol. The van der Waals surface area contributed by atoms with Crippen LogP contribution in [0, 0.1) is 0 Å². The van der Waals surface area contributed by atoms with Crippen LogP contribution in [0.15, 0.2) is 49.1 Å². The Hall–Kier alpha value is -3.15. The van der Waals surface area contributed by atoms with Crippen LogP contribution >= 0.6 is 0 Å². The predicted octanol–water partition coefficient (Wildman–Crippen LogP) is 3.22. The van der Waals surface area contributed by atoms with E-state index >= 15 is 0 Å². The van der Waals surface area contributed by atoms with E-state index in [0.29, 0.717) is 17.2 Å². The molecule has 2 N–H and O–H groups in total. The average molecular weight is 348 g/mol. The summed E-state index contributed by atoms with van der Waals surface area (Å²) in [6, 6.07) is 11.1. The van der Waals surface area contributed by atoms with Gasteiger partial charge in [0.15, 0.2) is 5.65 Å². The van der Waals surface area contributed by atoms with Crippen molar-refractivity contribution in [3.63, 3.8) is 0 Å². The van der Waals surface area contributed by atoms with E-state index < -0.39 is 0 Å². The third-order valence-electron chi connectivity index (χ3n) is 5.00. The normalized spacial score (nSPS) is 15.3. The van der Waals surface area contributed by atoms with Crippen LogP contribution in [0.4, 0.5) is 0 Å². The number of phenols is 1. The molecule has 3 heterocycles. The molecule has 0 unspecified atom stereocenters. The quantitative estimate of drug-likeness (QED) is 0.712. The molecule has 6 nitrogen and oxygen atoms in total. The second-order valence-electron chi connectivity index (χ2n) is 6.58. The topological polar surface area (TPSA) is 82.1 Å². The number of benzene rings is 1. The number of para-hydroxylation sites is 1. The van der Waals surface area contributed by atoms with Crippen molar-refractivity contribution in [2.24, 2.45) is 0 Å². The van der Waals surface area contributed by atoms with Gasteiger partial charge < -0.3 is 15.0 Å². The molecule has 0 bridgehead atoms. The van der Waals surface area contributed by atoms with E-state index in [0.717, 1.165) is 42.7 Å². The van der Waals surface area contributed by atoms with Gasteiger partial charge in [-0.1, -0.05) is 18.7 Å². The van der Waals surface area contributed by atoms with Gasteiger partial charge >= 0.3 is 0 Å². The smallest absolute Gasteiger partial charge is 0.245 e. The Balaban J connectivity index is 1.58. The van der Waals surface area contributed by atoms with Gasteiger partial charge in [0.1, 0.15) is 5.75 Å². The summed E-state index contributed by atoms with van der Waals surface area (Å²) < 4.78 is 0. The van der Waals surface area contributed by atoms with Crippen molar-refractivity contribution in [1.82, 2.24) is 20.1 Å². The number of fused-ring (bicyclic) bond motifs is 1. The maximum Gasteiger partial charge on any atom is 0.245 e. The molecule has 0 atom stereocenters. The van der Waals surface area contributed by atoms with E-state index in [-0.39, 0.29) is 11.7 Å². The molecule has 1 saturated heterocycles. The first-order valence-corrected chi connectivity index (χ1v) is 8.72. The number of piperidine rings is 1. The largest absolute Gasteiger partial charge is 0.507 e. The fraction of sp³-hybridized carbons (Fsp3) is 0.250. The third kappa shape index (κ3) is 2.94. The van der Waals surface area contributed by atoms with E-state index in [4.69, 9.17) is 0 Å². The van der Waals surface area contributed by atoms with Gasteiger partial charge in [-0.15, -0.1) is 10.2 Å². The minimum Gasteiger partial charge on any atom is -0.507 e. The standard InChI is InChI=1S/C20H20N4O2/c1-2-19(26)24-9-7-13(8-10-24)16-11-14-12-17(22-23-20(14)21-16)15-5-3-4-6-18(15)25/h2-6,11-13,25H,1,7-10H2,(H,21,23). The van der Waals surface area contributed by atoms with Crippen molar-refractivity contribution >= 4 is 16.9 Å². The van der Waals surface area contributed by atoms with Gasteiger partial charge in [0.05, 0.1) is 5.69 Å². The fourth-order valence-electron chi connectivity index (χ4n) is 3.54. The first-order valence-electron chi connectivity index (χ1n) is 8.72. The molecule has 0 saturated carbocycles. The van der Waals surface area contributed by atoms with Crippen molar-refractivity contribution < 1.29 is 9.90 Å². The lowest BCUT2D eigenvalue weighted by atomic mass is 9.93. The number of nitrogens with one attached hydrogen (secondary N) is 1. The summed E-state index contributed by atoms with van der Waals surface area (Å²) >= 11 is 0. The van der Waals surface area contributed by atoms with Crippen LogP contribution in [0.25, 0.3) is 22.3 Å². The van der Waals surface area contributed by atoms with Crippen molar-refractivity contribution in [2.45, 2.75) is 18.8 Å². The van der Waals surface area contributed by atoms with Crippen molar-refractivity contribution in [3.05, 3.63) is 54.7 Å². The molecule has 26 heavy (non-hydrogen) atoms. The second-order valence-corrected chi connectivity index (χ2v) is 6.58. The minimum absolute atomic E-state index is 0.00160. The predicted molar refractivity (Wildman–Crippen MR) is 99.7 cm³/mol. The van der Waals surface area contributed by atoms with Gasteiger partial charge in [0, 0.05) is 35.7 Å². The second kappa shape index (κ2) is 6.63. The van der Waals surface area contributed by atoms with Crippen LogP contribution in [0.5, 0.6) is 5.75 Å². The lowest BCUT2D eigenvalue weighted by molar-refractivity contribution is -0.127. The number of phenolic OH excluding ortho intramolecular Hbond substituents is 1. The van der Waals surface area contributed by atoms with E-state index in [1.54, 1.807) is 12.1 Å². The summed E-state index contributed by atoms with van der Waals surface area (Å²) in [5, 5.41) is 19.5. The Labute approximate surface area is 151 Å². The van der Waals surface area contributed by atoms with Gasteiger partial charge in [-0.25, -0.2) is 0 Å². The molecule has 132 valence electrons. The molecule has 1 amide bonds.